The van der Waals surface area contributed by atoms with Crippen LogP contribution in [0.15, 0.2) is 81.9 Å². The van der Waals surface area contributed by atoms with E-state index < -0.39 is 0 Å². The Morgan fingerprint density at radius 2 is 1.88 bits per heavy atom. The van der Waals surface area contributed by atoms with Crippen molar-refractivity contribution in [2.24, 2.45) is 0 Å². The molecular formula is C24H21BrN4O3. The van der Waals surface area contributed by atoms with E-state index in [1.54, 1.807) is 36.6 Å². The maximum Gasteiger partial charge on any atom is 0.255 e. The Morgan fingerprint density at radius 1 is 1.12 bits per heavy atom. The zero-order chi connectivity index (χ0) is 22.7. The normalized spacial score (nSPS) is 10.7. The Balaban J connectivity index is 1.57. The number of hydrogen-bond acceptors (Lipinski definition) is 6. The first-order valence-electron chi connectivity index (χ1n) is 9.82. The van der Waals surface area contributed by atoms with Gasteiger partial charge in [-0.2, -0.15) is 0 Å². The summed E-state index contributed by atoms with van der Waals surface area (Å²) in [5, 5.41) is 13.2. The summed E-state index contributed by atoms with van der Waals surface area (Å²) in [6.07, 6.45) is 1.54. The molecule has 0 saturated carbocycles. The summed E-state index contributed by atoms with van der Waals surface area (Å²) in [6.45, 7) is 0.248. The van der Waals surface area contributed by atoms with Crippen molar-refractivity contribution in [3.05, 3.63) is 88.8 Å². The average molecular weight is 493 g/mol. The predicted octanol–water partition coefficient (Wildman–Crippen LogP) is 5.09. The number of pyridine rings is 1. The number of phenols is 1. The number of carbonyl (C=O) groups excluding carboxylic acids is 1. The largest absolute Gasteiger partial charge is 0.507 e. The van der Waals surface area contributed by atoms with Gasteiger partial charge in [-0.15, -0.1) is 0 Å². The minimum Gasteiger partial charge on any atom is -0.507 e. The molecule has 8 heteroatoms. The van der Waals surface area contributed by atoms with Crippen molar-refractivity contribution in [2.75, 3.05) is 17.7 Å². The van der Waals surface area contributed by atoms with Gasteiger partial charge in [0.15, 0.2) is 0 Å². The number of furan rings is 1. The molecule has 2 heterocycles. The minimum atomic E-state index is -0.356. The molecule has 0 spiro atoms. The predicted molar refractivity (Wildman–Crippen MR) is 128 cm³/mol. The molecule has 2 aromatic heterocycles. The minimum absolute atomic E-state index is 0.0693. The molecule has 4 aromatic rings. The van der Waals surface area contributed by atoms with Gasteiger partial charge in [0.1, 0.15) is 17.3 Å². The Kier molecular flexibility index (Phi) is 6.13. The van der Waals surface area contributed by atoms with Gasteiger partial charge in [0.05, 0.1) is 24.1 Å². The molecule has 32 heavy (non-hydrogen) atoms. The van der Waals surface area contributed by atoms with Gasteiger partial charge < -0.3 is 25.5 Å². The number of nitrogens with two attached hydrogens (primary N) is 1. The third-order valence-electron chi connectivity index (χ3n) is 5.03. The van der Waals surface area contributed by atoms with Crippen LogP contribution in [0.2, 0.25) is 0 Å². The number of amides is 1. The third-order valence-corrected chi connectivity index (χ3v) is 5.56. The van der Waals surface area contributed by atoms with Crippen LogP contribution in [0.4, 0.5) is 17.2 Å². The molecule has 0 radical (unpaired) electrons. The van der Waals surface area contributed by atoms with E-state index in [0.717, 1.165) is 15.8 Å². The van der Waals surface area contributed by atoms with Crippen LogP contribution in [0.5, 0.6) is 5.75 Å². The van der Waals surface area contributed by atoms with E-state index in [2.05, 4.69) is 26.2 Å². The lowest BCUT2D eigenvalue weighted by atomic mass is 10.1. The summed E-state index contributed by atoms with van der Waals surface area (Å²) in [5.74, 6) is 0.425. The Hall–Kier alpha value is -3.78. The summed E-state index contributed by atoms with van der Waals surface area (Å²) < 4.78 is 6.21. The molecule has 2 aromatic carbocycles. The van der Waals surface area contributed by atoms with Gasteiger partial charge in [-0.1, -0.05) is 15.9 Å². The number of benzene rings is 2. The van der Waals surface area contributed by atoms with Crippen LogP contribution in [0.25, 0.3) is 11.3 Å². The molecule has 0 unspecified atom stereocenters. The van der Waals surface area contributed by atoms with Crippen molar-refractivity contribution in [1.82, 2.24) is 10.3 Å². The number of hydrogen-bond donors (Lipinski definition) is 3. The van der Waals surface area contributed by atoms with Crippen LogP contribution in [0, 0.1) is 0 Å². The summed E-state index contributed by atoms with van der Waals surface area (Å²) in [4.78, 5) is 18.8. The van der Waals surface area contributed by atoms with Gasteiger partial charge in [-0.05, 0) is 66.7 Å². The number of halogens is 1. The van der Waals surface area contributed by atoms with E-state index in [1.165, 1.54) is 0 Å². The highest BCUT2D eigenvalue weighted by Crippen LogP contribution is 2.35. The number of carbonyl (C=O) groups is 1. The average Bonchev–Trinajstić information content (AvgIpc) is 3.31. The monoisotopic (exact) mass is 492 g/mol. The second kappa shape index (κ2) is 9.15. The number of phenolic OH excluding ortho intramolecular Hbond substituents is 1. The lowest BCUT2D eigenvalue weighted by molar-refractivity contribution is 0.0948. The standard InChI is InChI=1S/C24H21BrN4O3/c1-29(16-6-4-15(25)5-7-16)17-8-11-22(30)20(13-17)21-10-9-19(23(26)28-21)24(31)27-14-18-3-2-12-32-18/h2-13,30H,14H2,1H3,(H2,26,28)(H,27,31). The molecule has 0 fully saturated rings. The second-order valence-electron chi connectivity index (χ2n) is 7.13. The second-order valence-corrected chi connectivity index (χ2v) is 8.04. The molecule has 4 rings (SSSR count). The highest BCUT2D eigenvalue weighted by molar-refractivity contribution is 9.10. The first-order chi connectivity index (χ1) is 15.4. The van der Waals surface area contributed by atoms with Crippen LogP contribution in [0.3, 0.4) is 0 Å². The van der Waals surface area contributed by atoms with Crippen LogP contribution in [-0.4, -0.2) is 23.0 Å². The molecule has 4 N–H and O–H groups in total. The maximum atomic E-state index is 12.5. The van der Waals surface area contributed by atoms with E-state index >= 15 is 0 Å². The fourth-order valence-corrected chi connectivity index (χ4v) is 3.51. The third kappa shape index (κ3) is 4.60. The number of aromatic hydroxyl groups is 1. The fraction of sp³-hybridized carbons (Fsp3) is 0.0833. The van der Waals surface area contributed by atoms with E-state index in [1.807, 2.05) is 48.3 Å². The highest BCUT2D eigenvalue weighted by atomic mass is 79.9. The van der Waals surface area contributed by atoms with E-state index in [-0.39, 0.29) is 29.6 Å². The van der Waals surface area contributed by atoms with E-state index in [4.69, 9.17) is 10.2 Å². The van der Waals surface area contributed by atoms with Gasteiger partial charge in [-0.3, -0.25) is 4.79 Å². The van der Waals surface area contributed by atoms with Crippen molar-refractivity contribution in [2.45, 2.75) is 6.54 Å². The number of aromatic nitrogens is 1. The van der Waals surface area contributed by atoms with Crippen LogP contribution in [0.1, 0.15) is 16.1 Å². The summed E-state index contributed by atoms with van der Waals surface area (Å²) in [7, 11) is 1.94. The zero-order valence-corrected chi connectivity index (χ0v) is 18.8. The molecule has 0 aliphatic carbocycles. The molecule has 0 aliphatic heterocycles. The van der Waals surface area contributed by atoms with Gasteiger partial charge in [-0.25, -0.2) is 4.98 Å². The van der Waals surface area contributed by atoms with Crippen LogP contribution >= 0.6 is 15.9 Å². The molecule has 162 valence electrons. The molecule has 0 saturated heterocycles. The summed E-state index contributed by atoms with van der Waals surface area (Å²) in [6, 6.07) is 19.9. The molecule has 7 nitrogen and oxygen atoms in total. The topological polar surface area (TPSA) is 105 Å². The Labute approximate surface area is 193 Å². The lowest BCUT2D eigenvalue weighted by Crippen LogP contribution is -2.24. The number of rotatable bonds is 6. The van der Waals surface area contributed by atoms with Crippen molar-refractivity contribution < 1.29 is 14.3 Å². The number of anilines is 3. The molecule has 1 amide bonds. The first kappa shape index (κ1) is 21.5. The smallest absolute Gasteiger partial charge is 0.255 e. The fourth-order valence-electron chi connectivity index (χ4n) is 3.24. The zero-order valence-electron chi connectivity index (χ0n) is 17.2. The van der Waals surface area contributed by atoms with Crippen LogP contribution in [-0.2, 0) is 6.54 Å². The van der Waals surface area contributed by atoms with Crippen molar-refractivity contribution in [1.29, 1.82) is 0 Å². The van der Waals surface area contributed by atoms with E-state index in [9.17, 15) is 9.90 Å². The van der Waals surface area contributed by atoms with Crippen molar-refractivity contribution in [3.8, 4) is 17.0 Å². The maximum absolute atomic E-state index is 12.5. The van der Waals surface area contributed by atoms with Gasteiger partial charge in [0.2, 0.25) is 0 Å². The quantitative estimate of drug-likeness (QED) is 0.346. The summed E-state index contributed by atoms with van der Waals surface area (Å²) >= 11 is 3.44. The molecular weight excluding hydrogens is 472 g/mol. The highest BCUT2D eigenvalue weighted by Gasteiger charge is 2.15. The van der Waals surface area contributed by atoms with Gasteiger partial charge in [0, 0.05) is 28.5 Å². The van der Waals surface area contributed by atoms with Gasteiger partial charge >= 0.3 is 0 Å². The van der Waals surface area contributed by atoms with Crippen molar-refractivity contribution >= 4 is 39.0 Å². The first-order valence-corrected chi connectivity index (χ1v) is 10.6. The number of nitrogens with zero attached hydrogens (tertiary/aromatic N) is 2. The van der Waals surface area contributed by atoms with E-state index in [0.29, 0.717) is 17.0 Å². The number of nitrogens with one attached hydrogen (secondary N) is 1. The molecule has 0 aliphatic rings. The summed E-state index contributed by atoms with van der Waals surface area (Å²) in [5.41, 5.74) is 9.15. The van der Waals surface area contributed by atoms with Crippen LogP contribution < -0.4 is 16.0 Å². The lowest BCUT2D eigenvalue weighted by Gasteiger charge is -2.21. The molecule has 0 bridgehead atoms. The Morgan fingerprint density at radius 3 is 2.56 bits per heavy atom. The molecule has 0 atom stereocenters. The SMILES string of the molecule is CN(c1ccc(Br)cc1)c1ccc(O)c(-c2ccc(C(=O)NCc3ccco3)c(N)n2)c1. The van der Waals surface area contributed by atoms with Crippen molar-refractivity contribution in [3.63, 3.8) is 0 Å². The van der Waals surface area contributed by atoms with Gasteiger partial charge in [0.25, 0.3) is 5.91 Å². The number of nitrogen functional groups attached to an aromatic ring is 1. The Bertz CT molecular complexity index is 1240.